The normalized spacial score (nSPS) is 21.5. The van der Waals surface area contributed by atoms with Crippen LogP contribution in [0.1, 0.15) is 46.8 Å². The average Bonchev–Trinajstić information content (AvgIpc) is 3.21. The van der Waals surface area contributed by atoms with Gasteiger partial charge in [0, 0.05) is 26.3 Å². The summed E-state index contributed by atoms with van der Waals surface area (Å²) in [7, 11) is 1.73. The Labute approximate surface area is 169 Å². The van der Waals surface area contributed by atoms with Crippen molar-refractivity contribution in [3.05, 3.63) is 6.33 Å². The Hall–Kier alpha value is -2.75. The molecule has 0 radical (unpaired) electrons. The summed E-state index contributed by atoms with van der Waals surface area (Å²) in [6.45, 7) is 7.66. The number of imidazole rings is 1. The number of rotatable bonds is 7. The van der Waals surface area contributed by atoms with Gasteiger partial charge in [-0.05, 0) is 12.3 Å². The Morgan fingerprint density at radius 1 is 1.38 bits per heavy atom. The van der Waals surface area contributed by atoms with Crippen molar-refractivity contribution < 1.29 is 19.1 Å². The van der Waals surface area contributed by atoms with E-state index in [2.05, 4.69) is 32.5 Å². The van der Waals surface area contributed by atoms with Crippen LogP contribution in [0, 0.1) is 11.8 Å². The van der Waals surface area contributed by atoms with Crippen LogP contribution in [-0.2, 0) is 19.1 Å². The highest BCUT2D eigenvalue weighted by Crippen LogP contribution is 2.36. The van der Waals surface area contributed by atoms with Crippen LogP contribution >= 0.6 is 0 Å². The van der Waals surface area contributed by atoms with Crippen LogP contribution in [0.5, 0.6) is 0 Å². The van der Waals surface area contributed by atoms with Crippen LogP contribution < -0.4 is 10.6 Å². The largest absolute Gasteiger partial charge is 0.463 e. The summed E-state index contributed by atoms with van der Waals surface area (Å²) < 4.78 is 13.4. The molecule has 3 heterocycles. The molecule has 10 heteroatoms. The Bertz CT molecular complexity index is 896. The highest BCUT2D eigenvalue weighted by atomic mass is 16.6. The minimum Gasteiger partial charge on any atom is -0.463 e. The number of carbonyl (C=O) groups is 2. The van der Waals surface area contributed by atoms with Crippen molar-refractivity contribution in [3.63, 3.8) is 0 Å². The molecule has 1 amide bonds. The number of ether oxygens (including phenoxy) is 2. The third-order valence-electron chi connectivity index (χ3n) is 4.68. The monoisotopic (exact) mass is 404 g/mol. The van der Waals surface area contributed by atoms with Gasteiger partial charge in [0.25, 0.3) is 0 Å². The van der Waals surface area contributed by atoms with E-state index in [-0.39, 0.29) is 48.6 Å². The molecular weight excluding hydrogens is 376 g/mol. The number of hydrogen-bond acceptors (Lipinski definition) is 8. The van der Waals surface area contributed by atoms with Crippen LogP contribution in [0.2, 0.25) is 0 Å². The second kappa shape index (κ2) is 8.73. The Morgan fingerprint density at radius 3 is 2.79 bits per heavy atom. The maximum atomic E-state index is 11.8. The molecule has 1 saturated heterocycles. The molecule has 1 aliphatic rings. The molecule has 3 atom stereocenters. The summed E-state index contributed by atoms with van der Waals surface area (Å²) in [5.41, 5.74) is 1.15. The number of hydrogen-bond donors (Lipinski definition) is 2. The Morgan fingerprint density at radius 2 is 2.14 bits per heavy atom. The third-order valence-corrected chi connectivity index (χ3v) is 4.68. The van der Waals surface area contributed by atoms with E-state index in [1.807, 2.05) is 18.4 Å². The molecule has 2 N–H and O–H groups in total. The van der Waals surface area contributed by atoms with Crippen molar-refractivity contribution >= 4 is 34.8 Å². The number of amides is 1. The molecule has 29 heavy (non-hydrogen) atoms. The van der Waals surface area contributed by atoms with Crippen molar-refractivity contribution in [2.45, 2.75) is 52.9 Å². The Balaban J connectivity index is 1.79. The summed E-state index contributed by atoms with van der Waals surface area (Å²) in [5, 5.41) is 5.59. The van der Waals surface area contributed by atoms with Gasteiger partial charge in [0.2, 0.25) is 11.9 Å². The summed E-state index contributed by atoms with van der Waals surface area (Å²) in [4.78, 5) is 36.4. The van der Waals surface area contributed by atoms with Gasteiger partial charge < -0.3 is 14.8 Å². The van der Waals surface area contributed by atoms with Crippen molar-refractivity contribution in [1.82, 2.24) is 19.5 Å². The second-order valence-corrected chi connectivity index (χ2v) is 7.79. The third kappa shape index (κ3) is 4.81. The van der Waals surface area contributed by atoms with Gasteiger partial charge in [0.05, 0.1) is 12.4 Å². The van der Waals surface area contributed by atoms with Crippen LogP contribution in [0.3, 0.4) is 0 Å². The second-order valence-electron chi connectivity index (χ2n) is 7.79. The van der Waals surface area contributed by atoms with Gasteiger partial charge >= 0.3 is 5.97 Å². The van der Waals surface area contributed by atoms with Crippen LogP contribution in [0.4, 0.5) is 11.8 Å². The molecule has 0 saturated carbocycles. The fourth-order valence-electron chi connectivity index (χ4n) is 3.43. The van der Waals surface area contributed by atoms with Gasteiger partial charge in [0.15, 0.2) is 17.0 Å². The van der Waals surface area contributed by atoms with E-state index in [0.29, 0.717) is 23.4 Å². The maximum absolute atomic E-state index is 11.8. The number of nitrogens with zero attached hydrogens (tertiary/aromatic N) is 4. The zero-order valence-electron chi connectivity index (χ0n) is 17.4. The first-order valence-corrected chi connectivity index (χ1v) is 9.79. The van der Waals surface area contributed by atoms with Crippen molar-refractivity contribution in [3.8, 4) is 0 Å². The average molecular weight is 404 g/mol. The van der Waals surface area contributed by atoms with Crippen LogP contribution in [0.15, 0.2) is 6.33 Å². The molecule has 2 aromatic heterocycles. The lowest BCUT2D eigenvalue weighted by Crippen LogP contribution is -2.20. The predicted octanol–water partition coefficient (Wildman–Crippen LogP) is 2.34. The van der Waals surface area contributed by atoms with Crippen molar-refractivity contribution in [1.29, 1.82) is 0 Å². The Kier molecular flexibility index (Phi) is 6.31. The van der Waals surface area contributed by atoms with E-state index in [9.17, 15) is 9.59 Å². The van der Waals surface area contributed by atoms with E-state index in [0.717, 1.165) is 6.42 Å². The smallest absolute Gasteiger partial charge is 0.306 e. The van der Waals surface area contributed by atoms with E-state index in [1.165, 1.54) is 6.92 Å². The molecule has 1 aliphatic heterocycles. The zero-order chi connectivity index (χ0) is 21.1. The molecular formula is C19H28N6O4. The maximum Gasteiger partial charge on any atom is 0.306 e. The minimum atomic E-state index is -0.307. The molecule has 10 nitrogen and oxygen atoms in total. The number of nitrogens with one attached hydrogen (secondary N) is 2. The van der Waals surface area contributed by atoms with E-state index >= 15 is 0 Å². The molecule has 1 fully saturated rings. The van der Waals surface area contributed by atoms with Gasteiger partial charge in [0.1, 0.15) is 12.8 Å². The number of fused-ring (bicyclic) bond motifs is 1. The molecule has 0 unspecified atom stereocenters. The van der Waals surface area contributed by atoms with E-state index in [1.54, 1.807) is 13.4 Å². The lowest BCUT2D eigenvalue weighted by atomic mass is 10.1. The van der Waals surface area contributed by atoms with Gasteiger partial charge in [-0.1, -0.05) is 20.8 Å². The SMILES string of the molecule is CNc1nc(NC(C)=O)nc2c1ncn2[C@@H]1O[C@H](COC(=O)CC(C)C)C[C@@H]1C. The molecule has 3 rings (SSSR count). The highest BCUT2D eigenvalue weighted by Gasteiger charge is 2.35. The fourth-order valence-corrected chi connectivity index (χ4v) is 3.43. The first kappa shape index (κ1) is 21.0. The quantitative estimate of drug-likeness (QED) is 0.675. The van der Waals surface area contributed by atoms with E-state index in [4.69, 9.17) is 9.47 Å². The standard InChI is InChI=1S/C19H28N6O4/c1-10(2)6-14(27)28-8-13-7-11(3)18(29-13)25-9-21-15-16(20-5)23-19(22-12(4)26)24-17(15)25/h9-11,13,18H,6-8H2,1-5H3,(H2,20,22,23,24,26)/t11-,13-,18+/m0/s1. The minimum absolute atomic E-state index is 0.165. The molecule has 2 aromatic rings. The van der Waals surface area contributed by atoms with Gasteiger partial charge in [-0.3, -0.25) is 19.5 Å². The lowest BCUT2D eigenvalue weighted by Gasteiger charge is -2.18. The lowest BCUT2D eigenvalue weighted by molar-refractivity contribution is -0.149. The van der Waals surface area contributed by atoms with Gasteiger partial charge in [-0.2, -0.15) is 9.97 Å². The fraction of sp³-hybridized carbons (Fsp3) is 0.632. The molecule has 0 aromatic carbocycles. The number of aromatic nitrogens is 4. The van der Waals surface area contributed by atoms with E-state index < -0.39 is 0 Å². The van der Waals surface area contributed by atoms with Crippen molar-refractivity contribution in [2.24, 2.45) is 11.8 Å². The first-order valence-electron chi connectivity index (χ1n) is 9.79. The van der Waals surface area contributed by atoms with Crippen LogP contribution in [0.25, 0.3) is 11.2 Å². The highest BCUT2D eigenvalue weighted by molar-refractivity contribution is 5.90. The topological polar surface area (TPSA) is 120 Å². The summed E-state index contributed by atoms with van der Waals surface area (Å²) in [6, 6.07) is 0. The van der Waals surface area contributed by atoms with Crippen molar-refractivity contribution in [2.75, 3.05) is 24.3 Å². The molecule has 0 spiro atoms. The molecule has 0 aliphatic carbocycles. The first-order chi connectivity index (χ1) is 13.8. The number of carbonyl (C=O) groups excluding carboxylic acids is 2. The molecule has 158 valence electrons. The number of anilines is 2. The number of esters is 1. The summed E-state index contributed by atoms with van der Waals surface area (Å²) in [5.74, 6) is 0.668. The zero-order valence-corrected chi connectivity index (χ0v) is 17.4. The molecule has 0 bridgehead atoms. The van der Waals surface area contributed by atoms with Crippen LogP contribution in [-0.4, -0.2) is 51.2 Å². The summed E-state index contributed by atoms with van der Waals surface area (Å²) >= 11 is 0. The predicted molar refractivity (Wildman–Crippen MR) is 107 cm³/mol. The van der Waals surface area contributed by atoms with Gasteiger partial charge in [-0.15, -0.1) is 0 Å². The van der Waals surface area contributed by atoms with Gasteiger partial charge in [-0.25, -0.2) is 4.98 Å². The summed E-state index contributed by atoms with van der Waals surface area (Å²) in [6.07, 6.45) is 2.31.